The van der Waals surface area contributed by atoms with E-state index in [1.807, 2.05) is 13.0 Å². The lowest BCUT2D eigenvalue weighted by Gasteiger charge is -2.14. The molecule has 2 nitrogen and oxygen atoms in total. The Morgan fingerprint density at radius 3 is 2.50 bits per heavy atom. The first-order chi connectivity index (χ1) is 9.36. The molecule has 2 aromatic rings. The van der Waals surface area contributed by atoms with Crippen molar-refractivity contribution in [1.29, 1.82) is 0 Å². The lowest BCUT2D eigenvalue weighted by atomic mass is 10.1. The normalized spacial score (nSPS) is 11.4. The van der Waals surface area contributed by atoms with Crippen molar-refractivity contribution < 1.29 is 23.0 Å². The molecule has 0 aliphatic heterocycles. The van der Waals surface area contributed by atoms with Gasteiger partial charge in [-0.25, -0.2) is 0 Å². The lowest BCUT2D eigenvalue weighted by molar-refractivity contribution is -0.138. The van der Waals surface area contributed by atoms with Crippen molar-refractivity contribution in [2.24, 2.45) is 0 Å². The third-order valence-electron chi connectivity index (χ3n) is 2.78. The fourth-order valence-electron chi connectivity index (χ4n) is 1.82. The van der Waals surface area contributed by atoms with Gasteiger partial charge in [-0.1, -0.05) is 18.2 Å². The van der Waals surface area contributed by atoms with Crippen LogP contribution in [0.25, 0.3) is 0 Å². The third-order valence-corrected chi connectivity index (χ3v) is 2.78. The van der Waals surface area contributed by atoms with Crippen LogP contribution in [0.15, 0.2) is 42.5 Å². The molecule has 106 valence electrons. The number of phenols is 1. The standard InChI is InChI=1S/C15H13F3O2/c1-10-3-2-4-13(7-10)20-9-11-5-6-12(19)8-14(11)15(16,17)18/h2-8,19H,9H2,1H3. The Morgan fingerprint density at radius 2 is 1.85 bits per heavy atom. The summed E-state index contributed by atoms with van der Waals surface area (Å²) in [6.07, 6.45) is -4.52. The molecule has 5 heteroatoms. The second-order valence-electron chi connectivity index (χ2n) is 4.44. The Hall–Kier alpha value is -2.17. The molecule has 0 spiro atoms. The number of phenolic OH excluding ortho intramolecular Hbond substituents is 1. The van der Waals surface area contributed by atoms with Crippen LogP contribution in [0, 0.1) is 6.92 Å². The summed E-state index contributed by atoms with van der Waals surface area (Å²) in [6.45, 7) is 1.66. The molecule has 0 bridgehead atoms. The van der Waals surface area contributed by atoms with E-state index in [2.05, 4.69) is 0 Å². The van der Waals surface area contributed by atoms with Crippen LogP contribution in [-0.4, -0.2) is 5.11 Å². The number of ether oxygens (including phenoxy) is 1. The van der Waals surface area contributed by atoms with Crippen LogP contribution in [0.4, 0.5) is 13.2 Å². The van der Waals surface area contributed by atoms with Crippen molar-refractivity contribution in [1.82, 2.24) is 0 Å². The van der Waals surface area contributed by atoms with Gasteiger partial charge in [-0.3, -0.25) is 0 Å². The molecular formula is C15H13F3O2. The molecule has 1 N–H and O–H groups in total. The maximum Gasteiger partial charge on any atom is 0.416 e. The highest BCUT2D eigenvalue weighted by Crippen LogP contribution is 2.34. The summed E-state index contributed by atoms with van der Waals surface area (Å²) in [6, 6.07) is 10.2. The van der Waals surface area contributed by atoms with Gasteiger partial charge in [0.1, 0.15) is 18.1 Å². The number of alkyl halides is 3. The first-order valence-electron chi connectivity index (χ1n) is 5.95. The van der Waals surface area contributed by atoms with E-state index in [0.29, 0.717) is 11.8 Å². The Kier molecular flexibility index (Phi) is 3.88. The van der Waals surface area contributed by atoms with E-state index in [4.69, 9.17) is 4.74 Å². The van der Waals surface area contributed by atoms with Crippen LogP contribution in [0.5, 0.6) is 11.5 Å². The first-order valence-corrected chi connectivity index (χ1v) is 5.95. The van der Waals surface area contributed by atoms with Crippen LogP contribution in [0.3, 0.4) is 0 Å². The second-order valence-corrected chi connectivity index (χ2v) is 4.44. The molecule has 2 aromatic carbocycles. The van der Waals surface area contributed by atoms with E-state index in [0.717, 1.165) is 5.56 Å². The summed E-state index contributed by atoms with van der Waals surface area (Å²) in [5, 5.41) is 9.18. The molecular weight excluding hydrogens is 269 g/mol. The molecule has 0 aliphatic rings. The number of aryl methyl sites for hydroxylation is 1. The highest BCUT2D eigenvalue weighted by Gasteiger charge is 2.33. The molecule has 0 amide bonds. The van der Waals surface area contributed by atoms with E-state index in [9.17, 15) is 18.3 Å². The van der Waals surface area contributed by atoms with E-state index in [1.54, 1.807) is 18.2 Å². The van der Waals surface area contributed by atoms with E-state index in [-0.39, 0.29) is 12.2 Å². The molecule has 0 unspecified atom stereocenters. The van der Waals surface area contributed by atoms with Crippen LogP contribution >= 0.6 is 0 Å². The highest BCUT2D eigenvalue weighted by molar-refractivity contribution is 5.37. The average molecular weight is 282 g/mol. The van der Waals surface area contributed by atoms with Crippen LogP contribution in [-0.2, 0) is 12.8 Å². The van der Waals surface area contributed by atoms with Crippen molar-refractivity contribution in [2.75, 3.05) is 0 Å². The van der Waals surface area contributed by atoms with Crippen molar-refractivity contribution in [3.63, 3.8) is 0 Å². The number of aromatic hydroxyl groups is 1. The zero-order valence-corrected chi connectivity index (χ0v) is 10.7. The Bertz CT molecular complexity index is 606. The van der Waals surface area contributed by atoms with Gasteiger partial charge in [0, 0.05) is 5.56 Å². The van der Waals surface area contributed by atoms with Crippen LogP contribution < -0.4 is 4.74 Å². The van der Waals surface area contributed by atoms with Gasteiger partial charge in [0.15, 0.2) is 0 Å². The Labute approximate surface area is 114 Å². The van der Waals surface area contributed by atoms with Gasteiger partial charge >= 0.3 is 6.18 Å². The summed E-state index contributed by atoms with van der Waals surface area (Å²) >= 11 is 0. The van der Waals surface area contributed by atoms with Crippen molar-refractivity contribution in [3.05, 3.63) is 59.2 Å². The molecule has 0 atom stereocenters. The molecule has 0 aliphatic carbocycles. The number of hydrogen-bond donors (Lipinski definition) is 1. The van der Waals surface area contributed by atoms with Crippen molar-refractivity contribution in [3.8, 4) is 11.5 Å². The Balaban J connectivity index is 2.21. The van der Waals surface area contributed by atoms with Crippen LogP contribution in [0.1, 0.15) is 16.7 Å². The van der Waals surface area contributed by atoms with Crippen molar-refractivity contribution >= 4 is 0 Å². The number of halogens is 3. The SMILES string of the molecule is Cc1cccc(OCc2ccc(O)cc2C(F)(F)F)c1. The van der Waals surface area contributed by atoms with Gasteiger partial charge in [-0.05, 0) is 36.8 Å². The average Bonchev–Trinajstić information content (AvgIpc) is 2.36. The molecule has 0 saturated heterocycles. The highest BCUT2D eigenvalue weighted by atomic mass is 19.4. The zero-order chi connectivity index (χ0) is 14.8. The predicted molar refractivity (Wildman–Crippen MR) is 68.6 cm³/mol. The summed E-state index contributed by atoms with van der Waals surface area (Å²) in [5.74, 6) is 0.0860. The quantitative estimate of drug-likeness (QED) is 0.909. The molecule has 0 fully saturated rings. The minimum atomic E-state index is -4.52. The van der Waals surface area contributed by atoms with E-state index >= 15 is 0 Å². The Morgan fingerprint density at radius 1 is 1.10 bits per heavy atom. The topological polar surface area (TPSA) is 29.5 Å². The zero-order valence-electron chi connectivity index (χ0n) is 10.7. The fourth-order valence-corrected chi connectivity index (χ4v) is 1.82. The lowest BCUT2D eigenvalue weighted by Crippen LogP contribution is -2.10. The first kappa shape index (κ1) is 14.2. The maximum atomic E-state index is 12.9. The smallest absolute Gasteiger partial charge is 0.416 e. The number of hydrogen-bond acceptors (Lipinski definition) is 2. The molecule has 2 rings (SSSR count). The van der Waals surface area contributed by atoms with Gasteiger partial charge in [-0.2, -0.15) is 13.2 Å². The summed E-state index contributed by atoms with van der Waals surface area (Å²) in [4.78, 5) is 0. The molecule has 0 saturated carbocycles. The maximum absolute atomic E-state index is 12.9. The van der Waals surface area contributed by atoms with E-state index in [1.165, 1.54) is 12.1 Å². The van der Waals surface area contributed by atoms with Crippen LogP contribution in [0.2, 0.25) is 0 Å². The minimum Gasteiger partial charge on any atom is -0.508 e. The van der Waals surface area contributed by atoms with Gasteiger partial charge in [0.25, 0.3) is 0 Å². The van der Waals surface area contributed by atoms with Crippen molar-refractivity contribution in [2.45, 2.75) is 19.7 Å². The molecule has 20 heavy (non-hydrogen) atoms. The summed E-state index contributed by atoms with van der Waals surface area (Å²) in [7, 11) is 0. The summed E-state index contributed by atoms with van der Waals surface area (Å²) in [5.41, 5.74) is 0.0613. The van der Waals surface area contributed by atoms with E-state index < -0.39 is 17.5 Å². The molecule has 0 radical (unpaired) electrons. The summed E-state index contributed by atoms with van der Waals surface area (Å²) < 4.78 is 43.9. The monoisotopic (exact) mass is 282 g/mol. The third kappa shape index (κ3) is 3.44. The molecule has 0 aromatic heterocycles. The molecule has 0 heterocycles. The van der Waals surface area contributed by atoms with Gasteiger partial charge in [0.05, 0.1) is 5.56 Å². The van der Waals surface area contributed by atoms with Gasteiger partial charge in [-0.15, -0.1) is 0 Å². The second kappa shape index (κ2) is 5.45. The largest absolute Gasteiger partial charge is 0.508 e. The van der Waals surface area contributed by atoms with Gasteiger partial charge in [0.2, 0.25) is 0 Å². The number of rotatable bonds is 3. The number of benzene rings is 2. The predicted octanol–water partition coefficient (Wildman–Crippen LogP) is 4.30. The van der Waals surface area contributed by atoms with Gasteiger partial charge < -0.3 is 9.84 Å². The fraction of sp³-hybridized carbons (Fsp3) is 0.200. The minimum absolute atomic E-state index is 0.0168.